The van der Waals surface area contributed by atoms with Gasteiger partial charge in [-0.3, -0.25) is 35.1 Å². The smallest absolute Gasteiger partial charge is 0.284 e. The highest BCUT2D eigenvalue weighted by Crippen LogP contribution is 2.45. The number of hydrazone groups is 1. The van der Waals surface area contributed by atoms with Crippen molar-refractivity contribution in [2.45, 2.75) is 13.0 Å². The number of carbonyl (C=O) groups excluding carboxylic acids is 1. The van der Waals surface area contributed by atoms with Crippen LogP contribution >= 0.6 is 0 Å². The topological polar surface area (TPSA) is 176 Å². The lowest BCUT2D eigenvalue weighted by atomic mass is 10.0. The molecule has 0 radical (unpaired) electrons. The summed E-state index contributed by atoms with van der Waals surface area (Å²) in [5.74, 6) is -0.486. The van der Waals surface area contributed by atoms with Gasteiger partial charge in [-0.2, -0.15) is 5.10 Å². The SMILES string of the molecule is O=C(CCn1c2ccccc2c2ccccc21)N/N=C1/c2cc([N+](=O)[O-])ccc2-c2c1cc([N+](=O)[O-])cc2[N+](=O)[O-]. The second-order valence-electron chi connectivity index (χ2n) is 9.32. The molecule has 0 unspecified atom stereocenters. The van der Waals surface area contributed by atoms with E-state index in [4.69, 9.17) is 0 Å². The van der Waals surface area contributed by atoms with Crippen molar-refractivity contribution in [3.05, 3.63) is 120 Å². The number of nitro benzene ring substituents is 3. The molecule has 1 heterocycles. The summed E-state index contributed by atoms with van der Waals surface area (Å²) in [6.07, 6.45) is 0.0170. The number of benzene rings is 4. The van der Waals surface area contributed by atoms with Crippen LogP contribution in [0, 0.1) is 30.3 Å². The predicted octanol–water partition coefficient (Wildman–Crippen LogP) is 5.46. The van der Waals surface area contributed by atoms with Crippen LogP contribution in [0.5, 0.6) is 0 Å². The Morgan fingerprint density at radius 1 is 0.732 bits per heavy atom. The monoisotopic (exact) mass is 550 g/mol. The summed E-state index contributed by atoms with van der Waals surface area (Å²) in [6.45, 7) is 0.320. The van der Waals surface area contributed by atoms with E-state index in [1.54, 1.807) is 0 Å². The van der Waals surface area contributed by atoms with Gasteiger partial charge in [-0.1, -0.05) is 36.4 Å². The van der Waals surface area contributed by atoms with Crippen LogP contribution in [0.2, 0.25) is 0 Å². The van der Waals surface area contributed by atoms with Crippen molar-refractivity contribution in [3.63, 3.8) is 0 Å². The van der Waals surface area contributed by atoms with Crippen molar-refractivity contribution >= 4 is 50.5 Å². The number of carbonyl (C=O) groups is 1. The Hall–Kier alpha value is -5.98. The minimum absolute atomic E-state index is 0.0170. The van der Waals surface area contributed by atoms with Crippen LogP contribution in [0.1, 0.15) is 17.5 Å². The molecule has 0 saturated heterocycles. The average molecular weight is 550 g/mol. The molecule has 1 aliphatic rings. The summed E-state index contributed by atoms with van der Waals surface area (Å²) in [4.78, 5) is 45.6. The lowest BCUT2D eigenvalue weighted by Crippen LogP contribution is -2.21. The Morgan fingerprint density at radius 2 is 1.34 bits per heavy atom. The van der Waals surface area contributed by atoms with Crippen LogP contribution in [-0.2, 0) is 11.3 Å². The predicted molar refractivity (Wildman–Crippen MR) is 150 cm³/mol. The van der Waals surface area contributed by atoms with E-state index in [-0.39, 0.29) is 40.1 Å². The third kappa shape index (κ3) is 4.21. The third-order valence-electron chi connectivity index (χ3n) is 7.04. The Morgan fingerprint density at radius 3 is 1.95 bits per heavy atom. The van der Waals surface area contributed by atoms with Gasteiger partial charge < -0.3 is 4.57 Å². The first-order chi connectivity index (χ1) is 19.7. The molecule has 0 atom stereocenters. The molecule has 5 aromatic rings. The number of amides is 1. The summed E-state index contributed by atoms with van der Waals surface area (Å²) in [5, 5.41) is 41.1. The van der Waals surface area contributed by atoms with Crippen LogP contribution in [0.15, 0.2) is 84.0 Å². The van der Waals surface area contributed by atoms with Gasteiger partial charge in [-0.15, -0.1) is 0 Å². The molecule has 6 rings (SSSR count). The minimum Gasteiger partial charge on any atom is -0.340 e. The number of hydrogen-bond donors (Lipinski definition) is 1. The second kappa shape index (κ2) is 9.64. The van der Waals surface area contributed by atoms with Crippen molar-refractivity contribution in [1.29, 1.82) is 0 Å². The molecule has 1 N–H and O–H groups in total. The molecular formula is C28H18N6O7. The summed E-state index contributed by atoms with van der Waals surface area (Å²) in [7, 11) is 0. The fraction of sp³-hybridized carbons (Fsp3) is 0.0714. The van der Waals surface area contributed by atoms with Gasteiger partial charge in [0.25, 0.3) is 17.1 Å². The number of aromatic nitrogens is 1. The number of nitrogens with one attached hydrogen (secondary N) is 1. The number of fused-ring (bicyclic) bond motifs is 6. The first-order valence-electron chi connectivity index (χ1n) is 12.3. The van der Waals surface area contributed by atoms with E-state index < -0.39 is 32.1 Å². The minimum atomic E-state index is -0.777. The molecular weight excluding hydrogens is 532 g/mol. The van der Waals surface area contributed by atoms with Crippen LogP contribution in [-0.4, -0.2) is 31.0 Å². The highest BCUT2D eigenvalue weighted by Gasteiger charge is 2.36. The molecule has 0 aliphatic heterocycles. The van der Waals surface area contributed by atoms with E-state index >= 15 is 0 Å². The van der Waals surface area contributed by atoms with E-state index in [1.165, 1.54) is 18.2 Å². The standard InChI is InChI=1S/C28H18N6O7/c35-26(11-12-31-23-7-3-1-5-18(23)19-6-2-4-8-24(19)31)29-30-28-21-13-16(32(36)37)9-10-20(21)27-22(28)14-17(33(38)39)15-25(27)34(40)41/h1-10,13-15H,11-12H2,(H,29,35)/b30-28-. The molecule has 0 fully saturated rings. The van der Waals surface area contributed by atoms with Gasteiger partial charge in [0.15, 0.2) is 0 Å². The summed E-state index contributed by atoms with van der Waals surface area (Å²) in [5.41, 5.74) is 3.33. The molecule has 202 valence electrons. The van der Waals surface area contributed by atoms with Crippen LogP contribution in [0.25, 0.3) is 32.9 Å². The van der Waals surface area contributed by atoms with E-state index in [2.05, 4.69) is 10.5 Å². The lowest BCUT2D eigenvalue weighted by Gasteiger charge is -2.08. The largest absolute Gasteiger partial charge is 0.340 e. The van der Waals surface area contributed by atoms with Gasteiger partial charge in [-0.25, -0.2) is 5.43 Å². The van der Waals surface area contributed by atoms with E-state index in [0.717, 1.165) is 33.9 Å². The van der Waals surface area contributed by atoms with Gasteiger partial charge in [0.2, 0.25) is 5.91 Å². The quantitative estimate of drug-likeness (QED) is 0.203. The maximum Gasteiger partial charge on any atom is 0.284 e. The fourth-order valence-electron chi connectivity index (χ4n) is 5.29. The number of non-ortho nitro benzene ring substituents is 2. The Balaban J connectivity index is 1.37. The zero-order valence-electron chi connectivity index (χ0n) is 21.0. The molecule has 1 aliphatic carbocycles. The first kappa shape index (κ1) is 25.3. The maximum atomic E-state index is 13.0. The third-order valence-corrected chi connectivity index (χ3v) is 7.04. The number of aryl methyl sites for hydroxylation is 1. The van der Waals surface area contributed by atoms with E-state index in [9.17, 15) is 35.1 Å². The maximum absolute atomic E-state index is 13.0. The van der Waals surface area contributed by atoms with Gasteiger partial charge in [0.1, 0.15) is 0 Å². The molecule has 1 amide bonds. The fourth-order valence-corrected chi connectivity index (χ4v) is 5.29. The molecule has 0 saturated carbocycles. The number of hydrogen-bond acceptors (Lipinski definition) is 8. The molecule has 4 aromatic carbocycles. The number of nitro groups is 3. The number of rotatable bonds is 7. The normalized spacial score (nSPS) is 12.8. The van der Waals surface area contributed by atoms with Crippen LogP contribution in [0.4, 0.5) is 17.1 Å². The number of para-hydroxylation sites is 2. The zero-order chi connectivity index (χ0) is 28.8. The molecule has 41 heavy (non-hydrogen) atoms. The molecule has 1 aromatic heterocycles. The summed E-state index contributed by atoms with van der Waals surface area (Å²) in [6, 6.07) is 21.3. The average Bonchev–Trinajstić information content (AvgIpc) is 3.46. The van der Waals surface area contributed by atoms with Gasteiger partial charge in [-0.05, 0) is 23.8 Å². The van der Waals surface area contributed by atoms with Crippen molar-refractivity contribution in [2.24, 2.45) is 5.10 Å². The summed E-state index contributed by atoms with van der Waals surface area (Å²) < 4.78 is 2.02. The molecule has 13 heteroatoms. The van der Waals surface area contributed by atoms with Crippen LogP contribution in [0.3, 0.4) is 0 Å². The van der Waals surface area contributed by atoms with Gasteiger partial charge >= 0.3 is 0 Å². The molecule has 0 bridgehead atoms. The molecule has 0 spiro atoms. The second-order valence-corrected chi connectivity index (χ2v) is 9.32. The summed E-state index contributed by atoms with van der Waals surface area (Å²) >= 11 is 0. The van der Waals surface area contributed by atoms with Crippen molar-refractivity contribution in [2.75, 3.05) is 0 Å². The Labute approximate surface area is 229 Å². The van der Waals surface area contributed by atoms with Gasteiger partial charge in [0.05, 0.1) is 32.1 Å². The molecule has 13 nitrogen and oxygen atoms in total. The zero-order valence-corrected chi connectivity index (χ0v) is 21.0. The van der Waals surface area contributed by atoms with Crippen molar-refractivity contribution in [1.82, 2.24) is 9.99 Å². The Kier molecular flexibility index (Phi) is 5.95. The highest BCUT2D eigenvalue weighted by molar-refractivity contribution is 6.26. The lowest BCUT2D eigenvalue weighted by molar-refractivity contribution is -0.393. The number of nitrogens with zero attached hydrogens (tertiary/aromatic N) is 5. The highest BCUT2D eigenvalue weighted by atomic mass is 16.6. The van der Waals surface area contributed by atoms with Crippen molar-refractivity contribution in [3.8, 4) is 11.1 Å². The van der Waals surface area contributed by atoms with E-state index in [0.29, 0.717) is 6.54 Å². The van der Waals surface area contributed by atoms with Crippen molar-refractivity contribution < 1.29 is 19.6 Å². The first-order valence-corrected chi connectivity index (χ1v) is 12.3. The van der Waals surface area contributed by atoms with E-state index in [1.807, 2.05) is 53.1 Å². The van der Waals surface area contributed by atoms with Crippen LogP contribution < -0.4 is 5.43 Å². The Bertz CT molecular complexity index is 1940. The van der Waals surface area contributed by atoms with Gasteiger partial charge in [0, 0.05) is 64.1 Å².